The van der Waals surface area contributed by atoms with Crippen molar-refractivity contribution in [2.24, 2.45) is 36.1 Å². The molecule has 3 aromatic carbocycles. The van der Waals surface area contributed by atoms with Crippen LogP contribution < -0.4 is 34.1 Å². The van der Waals surface area contributed by atoms with Crippen molar-refractivity contribution in [3.63, 3.8) is 0 Å². The molecule has 3 saturated carbocycles. The zero-order valence-electron chi connectivity index (χ0n) is 80.4. The lowest BCUT2D eigenvalue weighted by Crippen LogP contribution is -2.55. The van der Waals surface area contributed by atoms with Crippen molar-refractivity contribution in [3.8, 4) is 0 Å². The Morgan fingerprint density at radius 3 is 0.839 bits per heavy atom. The Balaban J connectivity index is 0.000000120. The molecule has 14 aliphatic heterocycles. The molecule has 143 heavy (non-hydrogen) atoms. The second-order valence-electron chi connectivity index (χ2n) is 38.5. The predicted molar refractivity (Wildman–Crippen MR) is 492 cm³/mol. The Morgan fingerprint density at radius 2 is 0.559 bits per heavy atom. The number of benzene rings is 3. The van der Waals surface area contributed by atoms with Crippen LogP contribution in [0.4, 0.5) is 0 Å². The summed E-state index contributed by atoms with van der Waals surface area (Å²) in [6.45, 7) is 22.0. The zero-order chi connectivity index (χ0) is 100. The van der Waals surface area contributed by atoms with Gasteiger partial charge in [-0.05, 0) is 136 Å². The highest BCUT2D eigenvalue weighted by atomic mass is 16.7. The lowest BCUT2D eigenvalue weighted by molar-refractivity contribution is -0.163. The van der Waals surface area contributed by atoms with Crippen LogP contribution in [0.25, 0.3) is 0 Å². The standard InChI is InChI=1S/C21H36O4.2C14H14O6.C14H20O6.C14H14O6.C12H15N3O5.C10H13N3O5/c1-21(2,15-3-7-17(8-4-15)22-11-19-13-24-19)16-5-9-18(10-6-16)23-12-20-14-25-20;15-13(19-7-11-5-17-11)9-1-2-10(4-3-9)14(16)20-8-12-6-18-12;15-13(19-7-11-5-17-11)9-2-1-3-10(4-9)14(16)20-8-12-6-18-12;2*15-13(19-7-9-5-17-9)11-3-1-2-4-12(11)14(16)20-8-10-6-18-10;1-2-3-13-10(16)14(4-8-6-19-8)12(18)15(11(13)17)5-9-7-20-9;1-11-8(14)12(2-6-4-17-6)10(16)13(9(11)15)3-7-5-18-7/h15-20H,3-14H2,1-2H3;2*1-4,11-12H,5-8H2;9-12H,1-8H2;1-4,9-10H,5-8H2;2,8-9H,1,3-7H2;6-7H,2-5H2,1H3. The predicted octanol–water partition coefficient (Wildman–Crippen LogP) is 2.69. The van der Waals surface area contributed by atoms with E-state index in [0.29, 0.717) is 157 Å². The molecule has 2 aromatic heterocycles. The lowest BCUT2D eigenvalue weighted by Gasteiger charge is -2.46. The number of carbonyl (C=O) groups excluding carboxylic acids is 8. The van der Waals surface area contributed by atoms with Gasteiger partial charge in [-0.3, -0.25) is 9.59 Å². The third-order valence-electron chi connectivity index (χ3n) is 26.5. The summed E-state index contributed by atoms with van der Waals surface area (Å²) in [7, 11) is 1.36. The van der Waals surface area contributed by atoms with E-state index in [1.54, 1.807) is 66.7 Å². The van der Waals surface area contributed by atoms with Gasteiger partial charge in [-0.2, -0.15) is 0 Å². The Kier molecular flexibility index (Phi) is 36.7. The first-order chi connectivity index (χ1) is 69.2. The number of carbonyl (C=O) groups is 8. The molecule has 17 fully saturated rings. The van der Waals surface area contributed by atoms with E-state index in [-0.39, 0.29) is 181 Å². The first kappa shape index (κ1) is 105. The maximum absolute atomic E-state index is 12.3. The van der Waals surface area contributed by atoms with Crippen LogP contribution >= 0.6 is 0 Å². The van der Waals surface area contributed by atoms with Crippen LogP contribution in [0.15, 0.2) is 114 Å². The van der Waals surface area contributed by atoms with Gasteiger partial charge < -0.3 is 114 Å². The fraction of sp³-hybridized carbons (Fsp3) is 0.657. The number of aromatic nitrogens is 6. The van der Waals surface area contributed by atoms with Crippen LogP contribution in [0.2, 0.25) is 0 Å². The minimum absolute atomic E-state index is 0.00919. The largest absolute Gasteiger partial charge is 0.463 e. The van der Waals surface area contributed by atoms with Gasteiger partial charge in [-0.15, -0.1) is 6.58 Å². The number of hydrogen-bond donors (Lipinski definition) is 0. The van der Waals surface area contributed by atoms with Crippen molar-refractivity contribution >= 4 is 47.8 Å². The van der Waals surface area contributed by atoms with Gasteiger partial charge in [-0.1, -0.05) is 51.0 Å². The maximum Gasteiger partial charge on any atom is 0.339 e. The summed E-state index contributed by atoms with van der Waals surface area (Å²) in [6.07, 6.45) is 16.5. The normalized spacial score (nSPS) is 28.3. The van der Waals surface area contributed by atoms with Gasteiger partial charge in [0.25, 0.3) is 0 Å². The second-order valence-corrected chi connectivity index (χ2v) is 38.5. The van der Waals surface area contributed by atoms with E-state index in [1.807, 2.05) is 0 Å². The highest BCUT2D eigenvalue weighted by molar-refractivity contribution is 6.03. The molecule has 22 rings (SSSR count). The minimum Gasteiger partial charge on any atom is -0.463 e. The highest BCUT2D eigenvalue weighted by Crippen LogP contribution is 2.49. The van der Waals surface area contributed by atoms with Crippen LogP contribution in [0, 0.1) is 29.1 Å². The Labute approximate surface area is 821 Å². The van der Waals surface area contributed by atoms with Crippen molar-refractivity contribution in [2.45, 2.75) is 221 Å². The van der Waals surface area contributed by atoms with E-state index in [0.717, 1.165) is 78.5 Å². The Bertz CT molecular complexity index is 5260. The van der Waals surface area contributed by atoms with Gasteiger partial charge in [0.05, 0.1) is 220 Å². The average molecular weight is 2010 g/mol. The molecule has 44 heteroatoms. The molecular weight excluding hydrogens is 1880 g/mol. The molecule has 44 nitrogen and oxygen atoms in total. The Morgan fingerprint density at radius 1 is 0.308 bits per heavy atom. The van der Waals surface area contributed by atoms with Gasteiger partial charge in [0.2, 0.25) is 0 Å². The number of ether oxygens (including phenoxy) is 24. The number of rotatable bonds is 42. The number of epoxide rings is 14. The van der Waals surface area contributed by atoms with Crippen LogP contribution in [-0.2, 0) is 163 Å². The van der Waals surface area contributed by atoms with E-state index >= 15 is 0 Å². The molecule has 16 unspecified atom stereocenters. The van der Waals surface area contributed by atoms with Crippen molar-refractivity contribution in [2.75, 3.05) is 159 Å². The first-order valence-corrected chi connectivity index (χ1v) is 49.2. The fourth-order valence-electron chi connectivity index (χ4n) is 16.4. The van der Waals surface area contributed by atoms with Gasteiger partial charge in [-0.25, -0.2) is 84.9 Å². The molecule has 0 bridgehead atoms. The molecule has 16 heterocycles. The summed E-state index contributed by atoms with van der Waals surface area (Å²) in [5.41, 5.74) is -1.35. The topological polar surface area (TPSA) is 536 Å². The molecule has 17 aliphatic rings. The summed E-state index contributed by atoms with van der Waals surface area (Å²) in [5.74, 6) is -2.48. The SMILES string of the molecule is C=CCn1c(=O)n(CC2CO2)c(=O)n(CC2CO2)c1=O.CC(C)(C1CCC(OCC2CO2)CC1)C1CCC(OCC2CO2)CC1.Cn1c(=O)n(CC2CO2)c(=O)n(CC2CO2)c1=O.O=C(OCC1CO1)C1CCCCC1C(=O)OCC1CO1.O=C(OCC1CO1)c1ccc(C(=O)OCC2CO2)cc1.O=C(OCC1CO1)c1cccc(C(=O)OCC2CO2)c1.O=C(OCC1CO1)c1ccccc1C(=O)OCC1CO1. The number of allylic oxidation sites excluding steroid dienone is 1. The average Bonchev–Trinajstić information content (AvgIpc) is 1.07. The lowest BCUT2D eigenvalue weighted by atomic mass is 9.60. The van der Waals surface area contributed by atoms with E-state index in [9.17, 15) is 67.1 Å². The summed E-state index contributed by atoms with van der Waals surface area (Å²) < 4.78 is 129. The quantitative estimate of drug-likeness (QED) is 0.0234. The summed E-state index contributed by atoms with van der Waals surface area (Å²) in [4.78, 5) is 167. The van der Waals surface area contributed by atoms with E-state index in [1.165, 1.54) is 70.6 Å². The molecule has 780 valence electrons. The number of nitrogens with zero attached hydrogens (tertiary/aromatic N) is 6. The van der Waals surface area contributed by atoms with Crippen molar-refractivity contribution in [1.29, 1.82) is 0 Å². The zero-order valence-corrected chi connectivity index (χ0v) is 80.4. The first-order valence-electron chi connectivity index (χ1n) is 49.2. The second kappa shape index (κ2) is 50.0. The Hall–Kier alpha value is -10.7. The van der Waals surface area contributed by atoms with Gasteiger partial charge in [0, 0.05) is 7.05 Å². The number of esters is 8. The van der Waals surface area contributed by atoms with E-state index in [4.69, 9.17) is 114 Å². The van der Waals surface area contributed by atoms with Crippen molar-refractivity contribution in [3.05, 3.63) is 182 Å². The number of hydrogen-bond acceptors (Lipinski definition) is 38. The van der Waals surface area contributed by atoms with Crippen molar-refractivity contribution in [1.82, 2.24) is 27.4 Å². The van der Waals surface area contributed by atoms with Crippen LogP contribution in [0.3, 0.4) is 0 Å². The monoisotopic (exact) mass is 2010 g/mol. The fourth-order valence-corrected chi connectivity index (χ4v) is 16.4. The van der Waals surface area contributed by atoms with Gasteiger partial charge in [0.15, 0.2) is 0 Å². The van der Waals surface area contributed by atoms with Crippen molar-refractivity contribution < 1.29 is 152 Å². The highest BCUT2D eigenvalue weighted by Gasteiger charge is 2.45. The molecule has 0 radical (unpaired) electrons. The molecule has 0 spiro atoms. The summed E-state index contributed by atoms with van der Waals surface area (Å²) in [5, 5.41) is 0. The molecule has 14 saturated heterocycles. The van der Waals surface area contributed by atoms with Crippen LogP contribution in [0.1, 0.15) is 153 Å². The van der Waals surface area contributed by atoms with Crippen LogP contribution in [0.5, 0.6) is 0 Å². The molecule has 5 aromatic rings. The van der Waals surface area contributed by atoms with Crippen LogP contribution in [-0.4, -0.2) is 331 Å². The molecule has 16 atom stereocenters. The summed E-state index contributed by atoms with van der Waals surface area (Å²) >= 11 is 0. The van der Waals surface area contributed by atoms with Gasteiger partial charge >= 0.3 is 81.9 Å². The minimum atomic E-state index is -0.622. The maximum atomic E-state index is 12.3. The van der Waals surface area contributed by atoms with E-state index in [2.05, 4.69) is 20.4 Å². The molecule has 3 aliphatic carbocycles. The molecule has 0 amide bonds. The summed E-state index contributed by atoms with van der Waals surface area (Å²) in [6, 6.07) is 18.9. The molecule has 0 N–H and O–H groups in total. The molecular formula is C99H126N6O38. The third kappa shape index (κ3) is 34.0. The van der Waals surface area contributed by atoms with Gasteiger partial charge in [0.1, 0.15) is 114 Å². The smallest absolute Gasteiger partial charge is 0.339 e. The third-order valence-corrected chi connectivity index (χ3v) is 26.5. The van der Waals surface area contributed by atoms with E-state index < -0.39 is 70.0 Å².